The van der Waals surface area contributed by atoms with E-state index in [2.05, 4.69) is 4.98 Å². The van der Waals surface area contributed by atoms with Gasteiger partial charge in [-0.2, -0.15) is 0 Å². The van der Waals surface area contributed by atoms with Gasteiger partial charge in [0.15, 0.2) is 0 Å². The second-order valence-corrected chi connectivity index (χ2v) is 3.73. The van der Waals surface area contributed by atoms with Crippen LogP contribution in [0.5, 0.6) is 0 Å². The van der Waals surface area contributed by atoms with Crippen LogP contribution < -0.4 is 5.73 Å². The van der Waals surface area contributed by atoms with Crippen molar-refractivity contribution in [2.75, 3.05) is 0 Å². The minimum Gasteiger partial charge on any atom is -0.446 e. The Kier molecular flexibility index (Phi) is 1.63. The molecule has 13 heavy (non-hydrogen) atoms. The highest BCUT2D eigenvalue weighted by Gasteiger charge is 2.19. The zero-order chi connectivity index (χ0) is 9.47. The number of furan rings is 1. The molecule has 2 N–H and O–H groups in total. The summed E-state index contributed by atoms with van der Waals surface area (Å²) in [5.41, 5.74) is 7.24. The molecule has 2 heterocycles. The lowest BCUT2D eigenvalue weighted by Gasteiger charge is -2.16. The lowest BCUT2D eigenvalue weighted by Crippen LogP contribution is -2.28. The normalized spacial score (nSPS) is 12.2. The summed E-state index contributed by atoms with van der Waals surface area (Å²) in [5.74, 6) is 0. The topological polar surface area (TPSA) is 52.0 Å². The van der Waals surface area contributed by atoms with Gasteiger partial charge >= 0.3 is 0 Å². The molecular weight excluding hydrogens is 164 g/mol. The average molecular weight is 176 g/mol. The maximum atomic E-state index is 5.98. The van der Waals surface area contributed by atoms with Crippen LogP contribution in [0.1, 0.15) is 19.4 Å². The summed E-state index contributed by atoms with van der Waals surface area (Å²) in [6.07, 6.45) is 3.39. The first-order valence-corrected chi connectivity index (χ1v) is 4.20. The van der Waals surface area contributed by atoms with E-state index in [4.69, 9.17) is 10.2 Å². The monoisotopic (exact) mass is 176 g/mol. The van der Waals surface area contributed by atoms with Gasteiger partial charge in [0, 0.05) is 22.7 Å². The van der Waals surface area contributed by atoms with Gasteiger partial charge in [-0.25, -0.2) is 4.98 Å². The summed E-state index contributed by atoms with van der Waals surface area (Å²) in [7, 11) is 0. The van der Waals surface area contributed by atoms with Crippen LogP contribution in [0.15, 0.2) is 29.0 Å². The number of nitrogens with zero attached hydrogens (tertiary/aromatic N) is 1. The summed E-state index contributed by atoms with van der Waals surface area (Å²) in [6.45, 7) is 3.90. The fourth-order valence-electron chi connectivity index (χ4n) is 1.37. The molecule has 0 aliphatic heterocycles. The molecule has 0 saturated carbocycles. The highest BCUT2D eigenvalue weighted by molar-refractivity contribution is 5.78. The van der Waals surface area contributed by atoms with Crippen LogP contribution in [-0.4, -0.2) is 4.98 Å². The smallest absolute Gasteiger partial charge is 0.226 e. The molecule has 0 aromatic carbocycles. The van der Waals surface area contributed by atoms with Gasteiger partial charge in [-0.05, 0) is 26.0 Å². The predicted octanol–water partition coefficient (Wildman–Crippen LogP) is 2.02. The fourth-order valence-corrected chi connectivity index (χ4v) is 1.37. The fraction of sp³-hybridized carbons (Fsp3) is 0.300. The molecule has 0 fully saturated rings. The molecule has 0 aliphatic carbocycles. The quantitative estimate of drug-likeness (QED) is 0.723. The summed E-state index contributed by atoms with van der Waals surface area (Å²) >= 11 is 0. The first kappa shape index (κ1) is 8.26. The van der Waals surface area contributed by atoms with E-state index in [0.717, 1.165) is 10.9 Å². The minimum absolute atomic E-state index is 0.381. The van der Waals surface area contributed by atoms with E-state index in [9.17, 15) is 0 Å². The predicted molar refractivity (Wildman–Crippen MR) is 51.2 cm³/mol. The van der Waals surface area contributed by atoms with Crippen LogP contribution in [0.4, 0.5) is 0 Å². The largest absolute Gasteiger partial charge is 0.446 e. The Balaban J connectivity index is 2.72. The van der Waals surface area contributed by atoms with Gasteiger partial charge in [0.2, 0.25) is 5.71 Å². The molecule has 3 nitrogen and oxygen atoms in total. The van der Waals surface area contributed by atoms with E-state index < -0.39 is 0 Å². The van der Waals surface area contributed by atoms with Gasteiger partial charge in [-0.3, -0.25) is 0 Å². The Morgan fingerprint density at radius 3 is 2.92 bits per heavy atom. The molecule has 0 radical (unpaired) electrons. The molecule has 2 rings (SSSR count). The van der Waals surface area contributed by atoms with Crippen LogP contribution >= 0.6 is 0 Å². The van der Waals surface area contributed by atoms with Crippen molar-refractivity contribution >= 4 is 11.1 Å². The number of aromatic nitrogens is 1. The standard InChI is InChI=1S/C10H12N2O/c1-10(2,11)8-6-13-9-7(8)4-3-5-12-9/h3-6H,11H2,1-2H3. The molecule has 2 aromatic heterocycles. The van der Waals surface area contributed by atoms with E-state index >= 15 is 0 Å². The van der Waals surface area contributed by atoms with E-state index in [0.29, 0.717) is 5.71 Å². The second-order valence-electron chi connectivity index (χ2n) is 3.73. The minimum atomic E-state index is -0.381. The highest BCUT2D eigenvalue weighted by Crippen LogP contribution is 2.26. The lowest BCUT2D eigenvalue weighted by molar-refractivity contribution is 0.532. The number of rotatable bonds is 1. The Morgan fingerprint density at radius 1 is 1.46 bits per heavy atom. The third kappa shape index (κ3) is 1.31. The van der Waals surface area contributed by atoms with Crippen molar-refractivity contribution < 1.29 is 4.42 Å². The summed E-state index contributed by atoms with van der Waals surface area (Å²) < 4.78 is 5.28. The number of hydrogen-bond acceptors (Lipinski definition) is 3. The number of nitrogens with two attached hydrogens (primary N) is 1. The van der Waals surface area contributed by atoms with E-state index in [1.807, 2.05) is 26.0 Å². The van der Waals surface area contributed by atoms with Gasteiger partial charge in [0.05, 0.1) is 6.26 Å². The molecule has 0 atom stereocenters. The number of pyridine rings is 1. The van der Waals surface area contributed by atoms with Crippen LogP contribution in [0.2, 0.25) is 0 Å². The van der Waals surface area contributed by atoms with Crippen molar-refractivity contribution in [1.82, 2.24) is 4.98 Å². The van der Waals surface area contributed by atoms with Crippen LogP contribution in [0.3, 0.4) is 0 Å². The van der Waals surface area contributed by atoms with E-state index in [1.54, 1.807) is 12.5 Å². The Morgan fingerprint density at radius 2 is 2.23 bits per heavy atom. The zero-order valence-electron chi connectivity index (χ0n) is 7.74. The van der Waals surface area contributed by atoms with E-state index in [1.165, 1.54) is 0 Å². The molecule has 0 spiro atoms. The number of fused-ring (bicyclic) bond motifs is 1. The first-order chi connectivity index (χ1) is 6.09. The molecular formula is C10H12N2O. The van der Waals surface area contributed by atoms with Crippen LogP contribution in [0.25, 0.3) is 11.1 Å². The van der Waals surface area contributed by atoms with E-state index in [-0.39, 0.29) is 5.54 Å². The van der Waals surface area contributed by atoms with Gasteiger partial charge in [0.25, 0.3) is 0 Å². The zero-order valence-corrected chi connectivity index (χ0v) is 7.74. The molecule has 0 bridgehead atoms. The highest BCUT2D eigenvalue weighted by atomic mass is 16.3. The van der Waals surface area contributed by atoms with Gasteiger partial charge in [0.1, 0.15) is 0 Å². The van der Waals surface area contributed by atoms with Gasteiger partial charge in [-0.1, -0.05) is 0 Å². The maximum Gasteiger partial charge on any atom is 0.226 e. The average Bonchev–Trinajstić information content (AvgIpc) is 2.45. The molecule has 0 saturated heterocycles. The Hall–Kier alpha value is -1.35. The van der Waals surface area contributed by atoms with Crippen molar-refractivity contribution in [3.63, 3.8) is 0 Å². The molecule has 3 heteroatoms. The van der Waals surface area contributed by atoms with Gasteiger partial charge in [-0.15, -0.1) is 0 Å². The number of hydrogen-bond donors (Lipinski definition) is 1. The van der Waals surface area contributed by atoms with Crippen molar-refractivity contribution in [3.8, 4) is 0 Å². The summed E-state index contributed by atoms with van der Waals surface area (Å²) in [6, 6.07) is 3.85. The Bertz CT molecular complexity index is 426. The molecule has 0 unspecified atom stereocenters. The molecule has 2 aromatic rings. The second kappa shape index (κ2) is 2.57. The van der Waals surface area contributed by atoms with Crippen molar-refractivity contribution in [2.24, 2.45) is 5.73 Å². The van der Waals surface area contributed by atoms with Crippen LogP contribution in [-0.2, 0) is 5.54 Å². The SMILES string of the molecule is CC(C)(N)c1coc2ncccc12. The maximum absolute atomic E-state index is 5.98. The van der Waals surface area contributed by atoms with Crippen molar-refractivity contribution in [3.05, 3.63) is 30.2 Å². The van der Waals surface area contributed by atoms with Crippen molar-refractivity contribution in [2.45, 2.75) is 19.4 Å². The van der Waals surface area contributed by atoms with Crippen molar-refractivity contribution in [1.29, 1.82) is 0 Å². The molecule has 68 valence electrons. The third-order valence-corrected chi connectivity index (χ3v) is 2.04. The molecule has 0 amide bonds. The Labute approximate surface area is 76.6 Å². The van der Waals surface area contributed by atoms with Crippen LogP contribution in [0, 0.1) is 0 Å². The summed E-state index contributed by atoms with van der Waals surface area (Å²) in [4.78, 5) is 4.09. The molecule has 0 aliphatic rings. The first-order valence-electron chi connectivity index (χ1n) is 4.20. The van der Waals surface area contributed by atoms with Gasteiger partial charge < -0.3 is 10.2 Å². The summed E-state index contributed by atoms with van der Waals surface area (Å²) in [5, 5.41) is 0.995. The lowest BCUT2D eigenvalue weighted by atomic mass is 9.96. The third-order valence-electron chi connectivity index (χ3n) is 2.04.